The summed E-state index contributed by atoms with van der Waals surface area (Å²) in [6.45, 7) is 7.02. The van der Waals surface area contributed by atoms with Gasteiger partial charge in [-0.3, -0.25) is 9.69 Å². The second kappa shape index (κ2) is 7.76. The van der Waals surface area contributed by atoms with Crippen LogP contribution in [0.4, 0.5) is 0 Å². The Bertz CT molecular complexity index is 428. The Morgan fingerprint density at radius 1 is 1.30 bits per heavy atom. The van der Waals surface area contributed by atoms with Gasteiger partial charge in [0.05, 0.1) is 18.0 Å². The van der Waals surface area contributed by atoms with Gasteiger partial charge in [0.1, 0.15) is 0 Å². The Labute approximate surface area is 128 Å². The minimum absolute atomic E-state index is 0.0161. The molecule has 0 aromatic heterocycles. The number of carbonyl (C=O) groups excluding carboxylic acids is 1. The molecular formula is C15H21BrN2O2. The Morgan fingerprint density at radius 2 is 1.90 bits per heavy atom. The predicted molar refractivity (Wildman–Crippen MR) is 82.8 cm³/mol. The molecule has 1 fully saturated rings. The predicted octanol–water partition coefficient (Wildman–Crippen LogP) is 1.92. The van der Waals surface area contributed by atoms with E-state index in [1.807, 2.05) is 6.92 Å². The number of morpholine rings is 1. The standard InChI is InChI=1S/C15H21BrN2O2/c1-12(16)15(19)17-10-13-2-4-14(5-3-13)11-18-6-8-20-9-7-18/h2-5,12H,6-11H2,1H3,(H,17,19). The fourth-order valence-corrected chi connectivity index (χ4v) is 2.27. The molecule has 1 saturated heterocycles. The topological polar surface area (TPSA) is 41.6 Å². The van der Waals surface area contributed by atoms with E-state index in [1.165, 1.54) is 5.56 Å². The summed E-state index contributed by atoms with van der Waals surface area (Å²) in [5.41, 5.74) is 2.42. The first-order valence-electron chi connectivity index (χ1n) is 6.95. The van der Waals surface area contributed by atoms with E-state index < -0.39 is 0 Å². The van der Waals surface area contributed by atoms with Gasteiger partial charge in [-0.1, -0.05) is 40.2 Å². The molecular weight excluding hydrogens is 320 g/mol. The summed E-state index contributed by atoms with van der Waals surface area (Å²) in [5, 5.41) is 2.89. The van der Waals surface area contributed by atoms with Gasteiger partial charge in [0.15, 0.2) is 0 Å². The Balaban J connectivity index is 1.81. The van der Waals surface area contributed by atoms with Gasteiger partial charge in [0.25, 0.3) is 0 Å². The van der Waals surface area contributed by atoms with Gasteiger partial charge < -0.3 is 10.1 Å². The average Bonchev–Trinajstić information content (AvgIpc) is 2.47. The van der Waals surface area contributed by atoms with Crippen LogP contribution >= 0.6 is 15.9 Å². The molecule has 5 heteroatoms. The van der Waals surface area contributed by atoms with Crippen LogP contribution in [0.2, 0.25) is 0 Å². The van der Waals surface area contributed by atoms with Crippen molar-refractivity contribution in [1.82, 2.24) is 10.2 Å². The Kier molecular flexibility index (Phi) is 6.01. The molecule has 0 radical (unpaired) electrons. The van der Waals surface area contributed by atoms with Crippen molar-refractivity contribution < 1.29 is 9.53 Å². The van der Waals surface area contributed by atoms with Crippen molar-refractivity contribution in [2.75, 3.05) is 26.3 Å². The van der Waals surface area contributed by atoms with Gasteiger partial charge in [0.2, 0.25) is 5.91 Å². The van der Waals surface area contributed by atoms with E-state index in [4.69, 9.17) is 4.74 Å². The van der Waals surface area contributed by atoms with Crippen molar-refractivity contribution in [3.05, 3.63) is 35.4 Å². The minimum Gasteiger partial charge on any atom is -0.379 e. The van der Waals surface area contributed by atoms with E-state index in [1.54, 1.807) is 0 Å². The number of rotatable bonds is 5. The van der Waals surface area contributed by atoms with Crippen molar-refractivity contribution in [3.8, 4) is 0 Å². The first-order chi connectivity index (χ1) is 9.65. The van der Waals surface area contributed by atoms with Gasteiger partial charge in [-0.15, -0.1) is 0 Å². The Morgan fingerprint density at radius 3 is 2.50 bits per heavy atom. The van der Waals surface area contributed by atoms with Crippen molar-refractivity contribution in [3.63, 3.8) is 0 Å². The second-order valence-corrected chi connectivity index (χ2v) is 6.41. The number of alkyl halides is 1. The highest BCUT2D eigenvalue weighted by atomic mass is 79.9. The lowest BCUT2D eigenvalue weighted by atomic mass is 10.1. The molecule has 0 bridgehead atoms. The highest BCUT2D eigenvalue weighted by Gasteiger charge is 2.11. The summed E-state index contributed by atoms with van der Waals surface area (Å²) >= 11 is 3.25. The number of halogens is 1. The first kappa shape index (κ1) is 15.5. The van der Waals surface area contributed by atoms with Crippen LogP contribution in [0, 0.1) is 0 Å². The number of nitrogens with one attached hydrogen (secondary N) is 1. The highest BCUT2D eigenvalue weighted by molar-refractivity contribution is 9.10. The van der Waals surface area contributed by atoms with E-state index in [0.717, 1.165) is 38.4 Å². The molecule has 110 valence electrons. The van der Waals surface area contributed by atoms with Crippen LogP contribution in [-0.4, -0.2) is 41.9 Å². The number of nitrogens with zero attached hydrogens (tertiary/aromatic N) is 1. The van der Waals surface area contributed by atoms with Crippen molar-refractivity contribution in [1.29, 1.82) is 0 Å². The molecule has 1 aromatic rings. The van der Waals surface area contributed by atoms with E-state index in [0.29, 0.717) is 6.54 Å². The maximum absolute atomic E-state index is 11.5. The molecule has 2 rings (SSSR count). The second-order valence-electron chi connectivity index (χ2n) is 5.04. The maximum Gasteiger partial charge on any atom is 0.233 e. The van der Waals surface area contributed by atoms with E-state index >= 15 is 0 Å². The molecule has 0 saturated carbocycles. The smallest absolute Gasteiger partial charge is 0.233 e. The van der Waals surface area contributed by atoms with Gasteiger partial charge in [-0.05, 0) is 18.1 Å². The number of ether oxygens (including phenoxy) is 1. The lowest BCUT2D eigenvalue weighted by Gasteiger charge is -2.26. The number of amides is 1. The third kappa shape index (κ3) is 4.89. The molecule has 4 nitrogen and oxygen atoms in total. The first-order valence-corrected chi connectivity index (χ1v) is 7.86. The highest BCUT2D eigenvalue weighted by Crippen LogP contribution is 2.09. The zero-order chi connectivity index (χ0) is 14.4. The largest absolute Gasteiger partial charge is 0.379 e. The number of carbonyl (C=O) groups is 1. The molecule has 20 heavy (non-hydrogen) atoms. The van der Waals surface area contributed by atoms with Crippen LogP contribution in [0.5, 0.6) is 0 Å². The molecule has 0 aliphatic carbocycles. The summed E-state index contributed by atoms with van der Waals surface area (Å²) in [6, 6.07) is 8.42. The van der Waals surface area contributed by atoms with Crippen molar-refractivity contribution in [2.45, 2.75) is 24.8 Å². The number of benzene rings is 1. The van der Waals surface area contributed by atoms with E-state index in [9.17, 15) is 4.79 Å². The summed E-state index contributed by atoms with van der Waals surface area (Å²) in [7, 11) is 0. The summed E-state index contributed by atoms with van der Waals surface area (Å²) in [4.78, 5) is 13.7. The van der Waals surface area contributed by atoms with Crippen LogP contribution in [0.25, 0.3) is 0 Å². The fraction of sp³-hybridized carbons (Fsp3) is 0.533. The monoisotopic (exact) mass is 340 g/mol. The van der Waals surface area contributed by atoms with Gasteiger partial charge >= 0.3 is 0 Å². The zero-order valence-electron chi connectivity index (χ0n) is 11.8. The average molecular weight is 341 g/mol. The minimum atomic E-state index is -0.150. The third-order valence-electron chi connectivity index (χ3n) is 3.36. The summed E-state index contributed by atoms with van der Waals surface area (Å²) in [5.74, 6) is 0.0161. The fourth-order valence-electron chi connectivity index (χ4n) is 2.11. The quantitative estimate of drug-likeness (QED) is 0.832. The molecule has 1 atom stereocenters. The third-order valence-corrected chi connectivity index (χ3v) is 3.78. The molecule has 0 spiro atoms. The normalized spacial score (nSPS) is 17.7. The van der Waals surface area contributed by atoms with Crippen LogP contribution in [0.15, 0.2) is 24.3 Å². The molecule has 1 aromatic carbocycles. The number of hydrogen-bond acceptors (Lipinski definition) is 3. The molecule has 1 aliphatic rings. The van der Waals surface area contributed by atoms with Crippen LogP contribution in [0.3, 0.4) is 0 Å². The lowest BCUT2D eigenvalue weighted by Crippen LogP contribution is -2.35. The lowest BCUT2D eigenvalue weighted by molar-refractivity contribution is -0.120. The van der Waals surface area contributed by atoms with Gasteiger partial charge in [-0.2, -0.15) is 0 Å². The van der Waals surface area contributed by atoms with Crippen LogP contribution in [0.1, 0.15) is 18.1 Å². The molecule has 1 unspecified atom stereocenters. The van der Waals surface area contributed by atoms with E-state index in [-0.39, 0.29) is 10.7 Å². The molecule has 1 N–H and O–H groups in total. The maximum atomic E-state index is 11.5. The SMILES string of the molecule is CC(Br)C(=O)NCc1ccc(CN2CCOCC2)cc1. The molecule has 1 amide bonds. The van der Waals surface area contributed by atoms with Gasteiger partial charge in [-0.25, -0.2) is 0 Å². The zero-order valence-corrected chi connectivity index (χ0v) is 13.4. The van der Waals surface area contributed by atoms with Crippen LogP contribution in [-0.2, 0) is 22.6 Å². The molecule has 1 heterocycles. The number of hydrogen-bond donors (Lipinski definition) is 1. The summed E-state index contributed by atoms with van der Waals surface area (Å²) < 4.78 is 5.34. The summed E-state index contributed by atoms with van der Waals surface area (Å²) in [6.07, 6.45) is 0. The van der Waals surface area contributed by atoms with E-state index in [2.05, 4.69) is 50.4 Å². The van der Waals surface area contributed by atoms with Gasteiger partial charge in [0, 0.05) is 26.2 Å². The Hall–Kier alpha value is -0.910. The van der Waals surface area contributed by atoms with Crippen molar-refractivity contribution >= 4 is 21.8 Å². The molecule has 1 aliphatic heterocycles. The van der Waals surface area contributed by atoms with Crippen molar-refractivity contribution in [2.24, 2.45) is 0 Å². The van der Waals surface area contributed by atoms with Crippen LogP contribution < -0.4 is 5.32 Å².